The number of nitrogens with zero attached hydrogens (tertiary/aromatic N) is 2. The van der Waals surface area contributed by atoms with Crippen LogP contribution in [0.5, 0.6) is 0 Å². The van der Waals surface area contributed by atoms with Gasteiger partial charge in [0.2, 0.25) is 0 Å². The lowest BCUT2D eigenvalue weighted by Crippen LogP contribution is -2.38. The van der Waals surface area contributed by atoms with Crippen molar-refractivity contribution in [2.24, 2.45) is 0 Å². The zero-order valence-electron chi connectivity index (χ0n) is 13.7. The summed E-state index contributed by atoms with van der Waals surface area (Å²) in [5, 5.41) is 2.30. The lowest BCUT2D eigenvalue weighted by Gasteiger charge is -2.33. The van der Waals surface area contributed by atoms with Gasteiger partial charge in [0, 0.05) is 25.0 Å². The number of morpholine rings is 1. The molecule has 4 rings (SSSR count). The van der Waals surface area contributed by atoms with Crippen LogP contribution in [0.3, 0.4) is 0 Å². The number of halogens is 2. The molecule has 5 heteroatoms. The van der Waals surface area contributed by atoms with Crippen molar-refractivity contribution in [3.8, 4) is 0 Å². The lowest BCUT2D eigenvalue weighted by atomic mass is 10.1. The van der Waals surface area contributed by atoms with Crippen molar-refractivity contribution in [1.29, 1.82) is 0 Å². The van der Waals surface area contributed by atoms with Gasteiger partial charge in [-0.2, -0.15) is 0 Å². The molecule has 1 aliphatic heterocycles. The van der Waals surface area contributed by atoms with Gasteiger partial charge in [0.15, 0.2) is 0 Å². The average molecular weight is 373 g/mol. The molecule has 1 fully saturated rings. The second-order valence-electron chi connectivity index (χ2n) is 6.26. The molecule has 0 radical (unpaired) electrons. The highest BCUT2D eigenvalue weighted by Gasteiger charge is 2.23. The van der Waals surface area contributed by atoms with Gasteiger partial charge in [0.1, 0.15) is 0 Å². The van der Waals surface area contributed by atoms with Crippen molar-refractivity contribution < 1.29 is 4.74 Å². The molecule has 3 aromatic rings. The first-order valence-electron chi connectivity index (χ1n) is 8.32. The standard InChI is InChI=1S/C20H18Cl2N2O/c21-17-8-6-15(11-18(17)22)20-13-24(9-10-25-20)12-16-7-5-14-3-1-2-4-19(14)23-16/h1-8,11,20H,9-10,12-13H2/t20-/m1/s1. The van der Waals surface area contributed by atoms with Gasteiger partial charge in [-0.3, -0.25) is 9.88 Å². The number of pyridine rings is 1. The first-order chi connectivity index (χ1) is 12.2. The van der Waals surface area contributed by atoms with Gasteiger partial charge in [0.05, 0.1) is 34.0 Å². The third-order valence-corrected chi connectivity index (χ3v) is 5.25. The highest BCUT2D eigenvalue weighted by Crippen LogP contribution is 2.29. The maximum Gasteiger partial charge on any atom is 0.0953 e. The molecule has 25 heavy (non-hydrogen) atoms. The molecule has 0 N–H and O–H groups in total. The Morgan fingerprint density at radius 3 is 2.80 bits per heavy atom. The van der Waals surface area contributed by atoms with E-state index in [-0.39, 0.29) is 6.10 Å². The van der Waals surface area contributed by atoms with Crippen LogP contribution in [-0.2, 0) is 11.3 Å². The number of aromatic nitrogens is 1. The molecule has 2 aromatic carbocycles. The van der Waals surface area contributed by atoms with Crippen molar-refractivity contribution in [2.45, 2.75) is 12.6 Å². The number of para-hydroxylation sites is 1. The fraction of sp³-hybridized carbons (Fsp3) is 0.250. The van der Waals surface area contributed by atoms with E-state index >= 15 is 0 Å². The monoisotopic (exact) mass is 372 g/mol. The summed E-state index contributed by atoms with van der Waals surface area (Å²) in [7, 11) is 0. The van der Waals surface area contributed by atoms with Crippen LogP contribution in [0.15, 0.2) is 54.6 Å². The van der Waals surface area contributed by atoms with Crippen LogP contribution >= 0.6 is 23.2 Å². The minimum Gasteiger partial charge on any atom is -0.371 e. The van der Waals surface area contributed by atoms with Gasteiger partial charge in [-0.15, -0.1) is 0 Å². The Hall–Kier alpha value is -1.65. The van der Waals surface area contributed by atoms with Crippen LogP contribution in [0, 0.1) is 0 Å². The zero-order valence-corrected chi connectivity index (χ0v) is 15.2. The van der Waals surface area contributed by atoms with Crippen LogP contribution in [0.1, 0.15) is 17.4 Å². The summed E-state index contributed by atoms with van der Waals surface area (Å²) < 4.78 is 5.93. The molecular weight excluding hydrogens is 355 g/mol. The Morgan fingerprint density at radius 2 is 1.92 bits per heavy atom. The molecule has 128 valence electrons. The zero-order chi connectivity index (χ0) is 17.2. The van der Waals surface area contributed by atoms with Crippen molar-refractivity contribution in [1.82, 2.24) is 9.88 Å². The predicted octanol–water partition coefficient (Wildman–Crippen LogP) is 5.12. The minimum absolute atomic E-state index is 0.00368. The van der Waals surface area contributed by atoms with Gasteiger partial charge in [-0.05, 0) is 29.8 Å². The third-order valence-electron chi connectivity index (χ3n) is 4.51. The van der Waals surface area contributed by atoms with Crippen LogP contribution in [0.25, 0.3) is 10.9 Å². The third kappa shape index (κ3) is 3.80. The molecule has 1 saturated heterocycles. The summed E-state index contributed by atoms with van der Waals surface area (Å²) >= 11 is 12.2. The molecule has 3 nitrogen and oxygen atoms in total. The van der Waals surface area contributed by atoms with Gasteiger partial charge in [-0.25, -0.2) is 0 Å². The number of benzene rings is 2. The Bertz CT molecular complexity index is 900. The van der Waals surface area contributed by atoms with Crippen molar-refractivity contribution >= 4 is 34.1 Å². The summed E-state index contributed by atoms with van der Waals surface area (Å²) in [4.78, 5) is 7.14. The number of hydrogen-bond donors (Lipinski definition) is 0. The van der Waals surface area contributed by atoms with E-state index in [1.165, 1.54) is 5.39 Å². The quantitative estimate of drug-likeness (QED) is 0.638. The maximum atomic E-state index is 6.14. The number of ether oxygens (including phenoxy) is 1. The Labute approximate surface area is 157 Å². The molecule has 1 aliphatic rings. The molecule has 2 heterocycles. The van der Waals surface area contributed by atoms with E-state index in [1.807, 2.05) is 30.3 Å². The van der Waals surface area contributed by atoms with E-state index in [0.29, 0.717) is 16.7 Å². The molecule has 0 unspecified atom stereocenters. The molecule has 0 aliphatic carbocycles. The van der Waals surface area contributed by atoms with Crippen LogP contribution in [0.2, 0.25) is 10.0 Å². The molecule has 0 amide bonds. The van der Waals surface area contributed by atoms with Gasteiger partial charge >= 0.3 is 0 Å². The number of hydrogen-bond acceptors (Lipinski definition) is 3. The van der Waals surface area contributed by atoms with E-state index in [9.17, 15) is 0 Å². The van der Waals surface area contributed by atoms with E-state index in [4.69, 9.17) is 32.9 Å². The van der Waals surface area contributed by atoms with Gasteiger partial charge in [-0.1, -0.05) is 53.5 Å². The first-order valence-corrected chi connectivity index (χ1v) is 9.08. The molecule has 1 aromatic heterocycles. The summed E-state index contributed by atoms with van der Waals surface area (Å²) in [5.74, 6) is 0. The van der Waals surface area contributed by atoms with E-state index in [0.717, 1.165) is 36.4 Å². The SMILES string of the molecule is Clc1ccc([C@H]2CN(Cc3ccc4ccccc4n3)CCO2)cc1Cl. The lowest BCUT2D eigenvalue weighted by molar-refractivity contribution is -0.0332. The summed E-state index contributed by atoms with van der Waals surface area (Å²) in [5.41, 5.74) is 3.17. The Balaban J connectivity index is 1.49. The van der Waals surface area contributed by atoms with Gasteiger partial charge < -0.3 is 4.74 Å². The molecule has 1 atom stereocenters. The fourth-order valence-corrected chi connectivity index (χ4v) is 3.49. The topological polar surface area (TPSA) is 25.4 Å². The average Bonchev–Trinajstić information content (AvgIpc) is 2.64. The smallest absolute Gasteiger partial charge is 0.0953 e. The fourth-order valence-electron chi connectivity index (χ4n) is 3.19. The van der Waals surface area contributed by atoms with Crippen LogP contribution in [-0.4, -0.2) is 29.6 Å². The highest BCUT2D eigenvalue weighted by molar-refractivity contribution is 6.42. The van der Waals surface area contributed by atoms with E-state index in [2.05, 4.69) is 29.2 Å². The normalized spacial score (nSPS) is 18.6. The second-order valence-corrected chi connectivity index (χ2v) is 7.08. The first kappa shape index (κ1) is 16.8. The number of fused-ring (bicyclic) bond motifs is 1. The summed E-state index contributed by atoms with van der Waals surface area (Å²) in [6.45, 7) is 3.21. The van der Waals surface area contributed by atoms with Crippen LogP contribution in [0.4, 0.5) is 0 Å². The second kappa shape index (κ2) is 7.30. The Kier molecular flexibility index (Phi) is 4.91. The Morgan fingerprint density at radius 1 is 1.04 bits per heavy atom. The summed E-state index contributed by atoms with van der Waals surface area (Å²) in [6, 6.07) is 18.1. The maximum absolute atomic E-state index is 6.14. The molecular formula is C20H18Cl2N2O. The molecule has 0 saturated carbocycles. The van der Waals surface area contributed by atoms with E-state index < -0.39 is 0 Å². The molecule has 0 spiro atoms. The largest absolute Gasteiger partial charge is 0.371 e. The number of rotatable bonds is 3. The van der Waals surface area contributed by atoms with Crippen molar-refractivity contribution in [3.63, 3.8) is 0 Å². The van der Waals surface area contributed by atoms with Crippen LogP contribution < -0.4 is 0 Å². The highest BCUT2D eigenvalue weighted by atomic mass is 35.5. The predicted molar refractivity (Wildman–Crippen MR) is 102 cm³/mol. The van der Waals surface area contributed by atoms with Crippen molar-refractivity contribution in [3.05, 3.63) is 75.9 Å². The summed E-state index contributed by atoms with van der Waals surface area (Å²) in [6.07, 6.45) is 0.00368. The van der Waals surface area contributed by atoms with Gasteiger partial charge in [0.25, 0.3) is 0 Å². The van der Waals surface area contributed by atoms with Crippen molar-refractivity contribution in [2.75, 3.05) is 19.7 Å². The molecule has 0 bridgehead atoms. The minimum atomic E-state index is 0.00368. The van der Waals surface area contributed by atoms with E-state index in [1.54, 1.807) is 0 Å².